The Morgan fingerprint density at radius 3 is 2.25 bits per heavy atom. The average molecular weight is 819 g/mol. The molecule has 1 unspecified atom stereocenters. The van der Waals surface area contributed by atoms with Crippen LogP contribution in [0, 0.1) is 23.7 Å². The number of primary amides is 1. The molecule has 0 saturated carbocycles. The lowest BCUT2D eigenvalue weighted by molar-refractivity contribution is -1.08. The molecule has 8 rings (SSSR count). The third-order valence-corrected chi connectivity index (χ3v) is 14.2. The molecular weight excluding hydrogens is 757 g/mol. The molecule has 11 atom stereocenters. The fourth-order valence-electron chi connectivity index (χ4n) is 10.4. The maximum absolute atomic E-state index is 13.8. The molecule has 1 aliphatic carbocycles. The Morgan fingerprint density at radius 1 is 0.966 bits per heavy atom. The smallest absolute Gasteiger partial charge is 0.355 e. The monoisotopic (exact) mass is 818 g/mol. The first-order valence-corrected chi connectivity index (χ1v) is 21.2. The van der Waals surface area contributed by atoms with Gasteiger partial charge in [-0.3, -0.25) is 4.79 Å². The van der Waals surface area contributed by atoms with Crippen LogP contribution in [0.3, 0.4) is 0 Å². The Kier molecular flexibility index (Phi) is 12.3. The molecule has 4 N–H and O–H groups in total. The molecule has 0 radical (unpaired) electrons. The van der Waals surface area contributed by atoms with E-state index in [1.807, 2.05) is 39.0 Å². The highest BCUT2D eigenvalue weighted by molar-refractivity contribution is 5.89. The molecular formula is C45H62N4O10+2. The summed E-state index contributed by atoms with van der Waals surface area (Å²) >= 11 is 0. The molecule has 14 nitrogen and oxygen atoms in total. The van der Waals surface area contributed by atoms with Crippen molar-refractivity contribution in [1.82, 2.24) is 4.98 Å². The van der Waals surface area contributed by atoms with Crippen molar-refractivity contribution in [3.63, 3.8) is 0 Å². The molecule has 4 fully saturated rings. The zero-order valence-corrected chi connectivity index (χ0v) is 35.2. The highest BCUT2D eigenvalue weighted by Gasteiger charge is 2.58. The predicted octanol–water partition coefficient (Wildman–Crippen LogP) is 3.69. The van der Waals surface area contributed by atoms with Gasteiger partial charge < -0.3 is 48.5 Å². The van der Waals surface area contributed by atoms with E-state index in [9.17, 15) is 24.3 Å². The number of nitrogens with one attached hydrogen (secondary N) is 1. The number of nitrogens with two attached hydrogens (primary N) is 1. The molecule has 6 aliphatic rings. The average Bonchev–Trinajstić information content (AvgIpc) is 3.86. The maximum atomic E-state index is 13.8. The van der Waals surface area contributed by atoms with Gasteiger partial charge in [-0.15, -0.1) is 0 Å². The molecule has 2 aromatic rings. The molecule has 1 amide bonds. The van der Waals surface area contributed by atoms with E-state index in [1.54, 1.807) is 44.3 Å². The van der Waals surface area contributed by atoms with Crippen LogP contribution in [0.2, 0.25) is 0 Å². The largest absolute Gasteiger partial charge is 0.456 e. The SMILES string of the molecule is CO[C@H]1CC2C=C[C@@H]3C[C@]2(O[C@H]3[C@H](OC(=O)c2ccc[nH]2)[C@H](C)[C@H](C)O)/C(C)=C/[C@@H](C)[C@@H]([C@@H](C)OC(=O)c2ccc(C[N+]34CC[N+](CC(N)=O)(CC3)CC4)cc2)OC1=O. The van der Waals surface area contributed by atoms with Crippen molar-refractivity contribution in [2.75, 3.05) is 52.9 Å². The quantitative estimate of drug-likeness (QED) is 0.117. The van der Waals surface area contributed by atoms with E-state index in [-0.39, 0.29) is 24.2 Å². The molecule has 14 heteroatoms. The summed E-state index contributed by atoms with van der Waals surface area (Å²) in [5.41, 5.74) is 7.45. The first-order valence-electron chi connectivity index (χ1n) is 21.2. The highest BCUT2D eigenvalue weighted by atomic mass is 16.6. The highest BCUT2D eigenvalue weighted by Crippen LogP contribution is 2.53. The van der Waals surface area contributed by atoms with Crippen LogP contribution in [0.15, 0.2) is 66.4 Å². The van der Waals surface area contributed by atoms with Crippen LogP contribution < -0.4 is 5.73 Å². The first kappa shape index (κ1) is 42.8. The van der Waals surface area contributed by atoms with Gasteiger partial charge in [0.05, 0.1) is 17.3 Å². The summed E-state index contributed by atoms with van der Waals surface area (Å²) in [6, 6.07) is 10.9. The number of aromatic amines is 1. The lowest BCUT2D eigenvalue weighted by Crippen LogP contribution is -2.75. The van der Waals surface area contributed by atoms with Crippen molar-refractivity contribution in [1.29, 1.82) is 0 Å². The number of aliphatic hydroxyl groups is 1. The molecule has 6 heterocycles. The fourth-order valence-corrected chi connectivity index (χ4v) is 10.4. The zero-order chi connectivity index (χ0) is 42.3. The molecule has 4 bridgehead atoms. The summed E-state index contributed by atoms with van der Waals surface area (Å²) in [5.74, 6) is -3.10. The number of aromatic nitrogens is 1. The van der Waals surface area contributed by atoms with E-state index in [2.05, 4.69) is 17.1 Å². The molecule has 59 heavy (non-hydrogen) atoms. The number of benzene rings is 1. The van der Waals surface area contributed by atoms with Crippen molar-refractivity contribution in [2.45, 2.75) is 96.2 Å². The van der Waals surface area contributed by atoms with E-state index < -0.39 is 72.0 Å². The Balaban J connectivity index is 1.07. The van der Waals surface area contributed by atoms with Gasteiger partial charge in [0, 0.05) is 42.5 Å². The third-order valence-electron chi connectivity index (χ3n) is 14.2. The lowest BCUT2D eigenvalue weighted by atomic mass is 9.69. The van der Waals surface area contributed by atoms with Crippen LogP contribution in [0.1, 0.15) is 73.9 Å². The summed E-state index contributed by atoms with van der Waals surface area (Å²) in [6.07, 6.45) is 3.97. The summed E-state index contributed by atoms with van der Waals surface area (Å²) in [7, 11) is 1.48. The number of rotatable bonds is 13. The van der Waals surface area contributed by atoms with E-state index >= 15 is 0 Å². The van der Waals surface area contributed by atoms with Gasteiger partial charge in [0.25, 0.3) is 5.91 Å². The Labute approximate surface area is 346 Å². The number of quaternary nitrogens is 2. The number of esters is 3. The summed E-state index contributed by atoms with van der Waals surface area (Å²) in [4.78, 5) is 55.3. The second-order valence-corrected chi connectivity index (χ2v) is 18.1. The van der Waals surface area contributed by atoms with Crippen LogP contribution in [-0.2, 0) is 39.8 Å². The van der Waals surface area contributed by atoms with Gasteiger partial charge in [-0.25, -0.2) is 14.4 Å². The maximum Gasteiger partial charge on any atom is 0.355 e. The number of fused-ring (bicyclic) bond motifs is 4. The first-order chi connectivity index (χ1) is 28.1. The molecule has 1 aromatic carbocycles. The third kappa shape index (κ3) is 8.65. The minimum atomic E-state index is -0.931. The topological polar surface area (TPSA) is 176 Å². The van der Waals surface area contributed by atoms with Crippen molar-refractivity contribution < 1.29 is 56.9 Å². The van der Waals surface area contributed by atoms with Gasteiger partial charge >= 0.3 is 17.9 Å². The number of H-pyrrole nitrogens is 1. The zero-order valence-electron chi connectivity index (χ0n) is 35.2. The van der Waals surface area contributed by atoms with Crippen LogP contribution in [0.5, 0.6) is 0 Å². The normalized spacial score (nSPS) is 35.6. The Morgan fingerprint density at radius 2 is 1.64 bits per heavy atom. The van der Waals surface area contributed by atoms with Gasteiger partial charge in [0.1, 0.15) is 75.9 Å². The van der Waals surface area contributed by atoms with Crippen LogP contribution >= 0.6 is 0 Å². The number of cyclic esters (lactones) is 1. The number of carbonyl (C=O) groups excluding carboxylic acids is 4. The van der Waals surface area contributed by atoms with Crippen LogP contribution in [0.4, 0.5) is 0 Å². The number of aliphatic hydroxyl groups excluding tert-OH is 1. The molecule has 1 aromatic heterocycles. The number of hydrogen-bond donors (Lipinski definition) is 3. The van der Waals surface area contributed by atoms with Gasteiger partial charge in [0.15, 0.2) is 12.6 Å². The number of hydrogen-bond acceptors (Lipinski definition) is 10. The van der Waals surface area contributed by atoms with Crippen LogP contribution in [-0.4, -0.2) is 138 Å². The van der Waals surface area contributed by atoms with Crippen molar-refractivity contribution in [3.8, 4) is 0 Å². The molecule has 1 spiro atoms. The van der Waals surface area contributed by atoms with E-state index in [0.717, 1.165) is 65.9 Å². The summed E-state index contributed by atoms with van der Waals surface area (Å²) in [5, 5.41) is 10.7. The standard InChI is InChI=1S/C45H60N4O10/c1-27-22-28(2)45-24-34(41(59-45)40(29(3)30(4)50)58-43(53)36-8-7-15-47-36)13-14-35(45)23-37(55-6)44(54)57-39(27)31(5)56-42(52)33-11-9-32(10-12-33)25-48-16-19-49(20-17-48,21-18-48)26-38(46)51/h7-15,22,27,29-31,34-35,37,39-41,50H,16-21,23-26H2,1-6H3,(H-2,46,47,51,53)/p+2/b28-22+/t27-,29-,30+,31-,34-,35?,37+,39+,40-,41-,45+,48?,49?/m1/s1. The molecule has 5 aliphatic heterocycles. The minimum absolute atomic E-state index is 0.138. The summed E-state index contributed by atoms with van der Waals surface area (Å²) in [6.45, 7) is 16.3. The van der Waals surface area contributed by atoms with Crippen molar-refractivity contribution in [2.24, 2.45) is 29.4 Å². The van der Waals surface area contributed by atoms with Gasteiger partial charge in [0.2, 0.25) is 0 Å². The van der Waals surface area contributed by atoms with Crippen LogP contribution in [0.25, 0.3) is 0 Å². The lowest BCUT2D eigenvalue weighted by Gasteiger charge is -2.55. The van der Waals surface area contributed by atoms with Crippen molar-refractivity contribution >= 4 is 23.8 Å². The molecule has 320 valence electrons. The number of amides is 1. The van der Waals surface area contributed by atoms with Gasteiger partial charge in [-0.05, 0) is 63.5 Å². The number of ether oxygens (including phenoxy) is 5. The van der Waals surface area contributed by atoms with E-state index in [4.69, 9.17) is 29.4 Å². The number of carbonyl (C=O) groups is 4. The second kappa shape index (κ2) is 17.0. The molecule has 4 saturated heterocycles. The van der Waals surface area contributed by atoms with E-state index in [1.165, 1.54) is 7.11 Å². The Bertz CT molecular complexity index is 1900. The van der Waals surface area contributed by atoms with Gasteiger partial charge in [-0.2, -0.15) is 0 Å². The number of methoxy groups -OCH3 is 1. The Hall–Kier alpha value is -4.34. The van der Waals surface area contributed by atoms with Gasteiger partial charge in [-0.1, -0.05) is 44.2 Å². The number of piperazine rings is 3. The van der Waals surface area contributed by atoms with Crippen molar-refractivity contribution in [3.05, 3.63) is 83.2 Å². The minimum Gasteiger partial charge on any atom is -0.456 e. The van der Waals surface area contributed by atoms with E-state index in [0.29, 0.717) is 24.2 Å². The number of nitrogens with zero attached hydrogens (tertiary/aromatic N) is 2. The summed E-state index contributed by atoms with van der Waals surface area (Å²) < 4.78 is 32.9. The fraction of sp³-hybridized carbons (Fsp3) is 0.600. The second-order valence-electron chi connectivity index (χ2n) is 18.1. The predicted molar refractivity (Wildman–Crippen MR) is 216 cm³/mol.